The fraction of sp³-hybridized carbons (Fsp3) is 0.412. The Morgan fingerprint density at radius 3 is 2.83 bits per heavy atom. The van der Waals surface area contributed by atoms with Crippen molar-refractivity contribution in [3.63, 3.8) is 0 Å². The van der Waals surface area contributed by atoms with Gasteiger partial charge >= 0.3 is 12.5 Å². The fourth-order valence-corrected chi connectivity index (χ4v) is 2.89. The van der Waals surface area contributed by atoms with Gasteiger partial charge < -0.3 is 15.0 Å². The number of rotatable bonds is 6. The first-order valence-corrected chi connectivity index (χ1v) is 8.65. The van der Waals surface area contributed by atoms with Gasteiger partial charge in [0.2, 0.25) is 0 Å². The molecule has 1 aromatic rings. The zero-order chi connectivity index (χ0) is 21.0. The number of hydrogen-bond donors (Lipinski definition) is 1. The zero-order valence-electron chi connectivity index (χ0n) is 15.1. The van der Waals surface area contributed by atoms with Gasteiger partial charge in [-0.3, -0.25) is 14.7 Å². The van der Waals surface area contributed by atoms with Gasteiger partial charge in [0.05, 0.1) is 37.1 Å². The van der Waals surface area contributed by atoms with E-state index in [1.54, 1.807) is 9.91 Å². The van der Waals surface area contributed by atoms with E-state index in [9.17, 15) is 22.8 Å². The number of nitriles is 1. The molecule has 12 heteroatoms. The standard InChI is InChI=1S/C17H17F3N6O3/c18-13-7-11(1-2-14(13)24-5-6-25(4-3-21)23-10-24)26-9-12(29-17(26)28)8-22-16(27)15(19)20/h1-2,7,10,12,15H,4-6,8-9H2,(H,22,27). The molecule has 29 heavy (non-hydrogen) atoms. The molecule has 0 radical (unpaired) electrons. The lowest BCUT2D eigenvalue weighted by atomic mass is 10.2. The third-order valence-corrected chi connectivity index (χ3v) is 4.34. The second kappa shape index (κ2) is 8.68. The summed E-state index contributed by atoms with van der Waals surface area (Å²) in [6, 6.07) is 6.14. The van der Waals surface area contributed by atoms with Crippen molar-refractivity contribution in [2.24, 2.45) is 5.10 Å². The van der Waals surface area contributed by atoms with Crippen molar-refractivity contribution in [1.82, 2.24) is 10.3 Å². The predicted molar refractivity (Wildman–Crippen MR) is 96.1 cm³/mol. The van der Waals surface area contributed by atoms with Crippen LogP contribution in [0, 0.1) is 17.1 Å². The second-order valence-corrected chi connectivity index (χ2v) is 6.27. The molecule has 154 valence electrons. The monoisotopic (exact) mass is 410 g/mol. The third-order valence-electron chi connectivity index (χ3n) is 4.34. The highest BCUT2D eigenvalue weighted by molar-refractivity contribution is 5.90. The minimum atomic E-state index is -3.16. The molecule has 2 heterocycles. The minimum Gasteiger partial charge on any atom is -0.442 e. The number of halogens is 3. The topological polar surface area (TPSA) is 101 Å². The van der Waals surface area contributed by atoms with Crippen LogP contribution in [0.5, 0.6) is 0 Å². The number of carbonyl (C=O) groups is 2. The maximum absolute atomic E-state index is 14.6. The number of amides is 2. The van der Waals surface area contributed by atoms with E-state index in [0.29, 0.717) is 13.1 Å². The number of anilines is 2. The third kappa shape index (κ3) is 4.68. The highest BCUT2D eigenvalue weighted by atomic mass is 19.3. The van der Waals surface area contributed by atoms with Crippen LogP contribution in [0.15, 0.2) is 23.3 Å². The fourth-order valence-electron chi connectivity index (χ4n) is 2.89. The lowest BCUT2D eigenvalue weighted by Gasteiger charge is -2.29. The molecule has 1 unspecified atom stereocenters. The summed E-state index contributed by atoms with van der Waals surface area (Å²) in [5.41, 5.74) is 0.487. The van der Waals surface area contributed by atoms with E-state index in [-0.39, 0.29) is 31.0 Å². The molecule has 0 aliphatic carbocycles. The lowest BCUT2D eigenvalue weighted by Crippen LogP contribution is -2.38. The van der Waals surface area contributed by atoms with Crippen LogP contribution in [0.3, 0.4) is 0 Å². The van der Waals surface area contributed by atoms with Crippen molar-refractivity contribution in [3.05, 3.63) is 24.0 Å². The summed E-state index contributed by atoms with van der Waals surface area (Å²) in [4.78, 5) is 25.7. The van der Waals surface area contributed by atoms with Gasteiger partial charge in [-0.1, -0.05) is 0 Å². The predicted octanol–water partition coefficient (Wildman–Crippen LogP) is 1.12. The molecule has 2 aliphatic heterocycles. The Bertz CT molecular complexity index is 859. The molecule has 0 aromatic heterocycles. The summed E-state index contributed by atoms with van der Waals surface area (Å²) in [6.45, 7) is 0.738. The van der Waals surface area contributed by atoms with E-state index in [1.807, 2.05) is 11.4 Å². The number of nitrogens with zero attached hydrogens (tertiary/aromatic N) is 5. The average molecular weight is 410 g/mol. The smallest absolute Gasteiger partial charge is 0.414 e. The molecule has 9 nitrogen and oxygen atoms in total. The summed E-state index contributed by atoms with van der Waals surface area (Å²) in [5, 5.41) is 16.3. The SMILES string of the molecule is N#CCN1CCN(c2ccc(N3CC(CNC(=O)C(F)F)OC3=O)cc2F)C=N1. The quantitative estimate of drug-likeness (QED) is 0.706. The summed E-state index contributed by atoms with van der Waals surface area (Å²) in [6.07, 6.45) is -3.33. The van der Waals surface area contributed by atoms with Gasteiger partial charge in [0.1, 0.15) is 24.8 Å². The van der Waals surface area contributed by atoms with Crippen LogP contribution in [0.25, 0.3) is 0 Å². The lowest BCUT2D eigenvalue weighted by molar-refractivity contribution is -0.132. The average Bonchev–Trinajstić information content (AvgIpc) is 3.07. The Kier molecular flexibility index (Phi) is 6.06. The largest absolute Gasteiger partial charge is 0.442 e. The number of hydrogen-bond acceptors (Lipinski definition) is 7. The molecule has 2 amide bonds. The summed E-state index contributed by atoms with van der Waals surface area (Å²) >= 11 is 0. The Labute approximate surface area is 163 Å². The summed E-state index contributed by atoms with van der Waals surface area (Å²) in [7, 11) is 0. The van der Waals surface area contributed by atoms with Crippen molar-refractivity contribution >= 4 is 29.7 Å². The molecular formula is C17H17F3N6O3. The maximum atomic E-state index is 14.6. The van der Waals surface area contributed by atoms with E-state index in [2.05, 4.69) is 5.10 Å². The molecule has 0 saturated carbocycles. The van der Waals surface area contributed by atoms with E-state index in [4.69, 9.17) is 10.00 Å². The number of ether oxygens (including phenoxy) is 1. The summed E-state index contributed by atoms with van der Waals surface area (Å²) in [5.74, 6) is -2.05. The zero-order valence-corrected chi connectivity index (χ0v) is 15.1. The number of cyclic esters (lactones) is 1. The number of nitrogens with one attached hydrogen (secondary N) is 1. The number of hydrazone groups is 1. The van der Waals surface area contributed by atoms with Crippen molar-refractivity contribution < 1.29 is 27.5 Å². The van der Waals surface area contributed by atoms with Gasteiger partial charge in [0, 0.05) is 6.54 Å². The normalized spacial score (nSPS) is 18.8. The van der Waals surface area contributed by atoms with Crippen LogP contribution >= 0.6 is 0 Å². The molecule has 1 fully saturated rings. The van der Waals surface area contributed by atoms with Crippen LogP contribution < -0.4 is 15.1 Å². The van der Waals surface area contributed by atoms with Crippen LogP contribution in [-0.4, -0.2) is 68.6 Å². The van der Waals surface area contributed by atoms with Crippen molar-refractivity contribution in [3.8, 4) is 6.07 Å². The Hall–Kier alpha value is -3.49. The second-order valence-electron chi connectivity index (χ2n) is 6.27. The highest BCUT2D eigenvalue weighted by Gasteiger charge is 2.33. The first kappa shape index (κ1) is 20.2. The minimum absolute atomic E-state index is 0.0184. The van der Waals surface area contributed by atoms with Gasteiger partial charge in [0.15, 0.2) is 0 Å². The van der Waals surface area contributed by atoms with Gasteiger partial charge in [-0.05, 0) is 18.2 Å². The van der Waals surface area contributed by atoms with Crippen LogP contribution in [-0.2, 0) is 9.53 Å². The van der Waals surface area contributed by atoms with Crippen LogP contribution in [0.4, 0.5) is 29.3 Å². The van der Waals surface area contributed by atoms with Crippen LogP contribution in [0.2, 0.25) is 0 Å². The molecule has 1 N–H and O–H groups in total. The van der Waals surface area contributed by atoms with E-state index < -0.39 is 30.3 Å². The van der Waals surface area contributed by atoms with Crippen molar-refractivity contribution in [2.75, 3.05) is 42.5 Å². The molecule has 0 bridgehead atoms. The number of benzene rings is 1. The highest BCUT2D eigenvalue weighted by Crippen LogP contribution is 2.28. The number of alkyl halides is 2. The first-order chi connectivity index (χ1) is 13.9. The van der Waals surface area contributed by atoms with E-state index in [1.165, 1.54) is 18.5 Å². The first-order valence-electron chi connectivity index (χ1n) is 8.65. The van der Waals surface area contributed by atoms with Gasteiger partial charge in [-0.2, -0.15) is 19.1 Å². The van der Waals surface area contributed by atoms with Gasteiger partial charge in [-0.25, -0.2) is 9.18 Å². The van der Waals surface area contributed by atoms with E-state index >= 15 is 0 Å². The van der Waals surface area contributed by atoms with Gasteiger partial charge in [0.25, 0.3) is 5.91 Å². The Balaban J connectivity index is 1.64. The maximum Gasteiger partial charge on any atom is 0.414 e. The van der Waals surface area contributed by atoms with Crippen molar-refractivity contribution in [1.29, 1.82) is 5.26 Å². The Morgan fingerprint density at radius 1 is 1.41 bits per heavy atom. The molecular weight excluding hydrogens is 393 g/mol. The summed E-state index contributed by atoms with van der Waals surface area (Å²) < 4.78 is 44.1. The molecule has 1 atom stereocenters. The Morgan fingerprint density at radius 2 is 2.21 bits per heavy atom. The molecule has 0 spiro atoms. The van der Waals surface area contributed by atoms with Gasteiger partial charge in [-0.15, -0.1) is 0 Å². The molecule has 1 saturated heterocycles. The van der Waals surface area contributed by atoms with Crippen molar-refractivity contribution in [2.45, 2.75) is 12.5 Å². The van der Waals surface area contributed by atoms with Crippen LogP contribution in [0.1, 0.15) is 0 Å². The molecule has 2 aliphatic rings. The number of carbonyl (C=O) groups excluding carboxylic acids is 2. The van der Waals surface area contributed by atoms with E-state index in [0.717, 1.165) is 11.0 Å². The molecule has 1 aromatic carbocycles. The molecule has 3 rings (SSSR count).